The van der Waals surface area contributed by atoms with Crippen molar-refractivity contribution in [1.82, 2.24) is 4.90 Å². The highest BCUT2D eigenvalue weighted by Gasteiger charge is 2.17. The van der Waals surface area contributed by atoms with Crippen LogP contribution in [0.4, 0.5) is 0 Å². The first kappa shape index (κ1) is 12.1. The molecule has 1 aromatic carbocycles. The van der Waals surface area contributed by atoms with Crippen molar-refractivity contribution < 1.29 is 4.79 Å². The van der Waals surface area contributed by atoms with E-state index in [2.05, 4.69) is 0 Å². The molecule has 0 aromatic heterocycles. The molecule has 0 N–H and O–H groups in total. The Morgan fingerprint density at radius 2 is 1.93 bits per heavy atom. The van der Waals surface area contributed by atoms with E-state index in [0.717, 1.165) is 5.56 Å². The van der Waals surface area contributed by atoms with Gasteiger partial charge in [0, 0.05) is 13.1 Å². The molecule has 1 amide bonds. The van der Waals surface area contributed by atoms with E-state index in [1.807, 2.05) is 32.9 Å². The third kappa shape index (κ3) is 2.51. The Bertz CT molecular complexity index is 338. The third-order valence-corrected chi connectivity index (χ3v) is 2.80. The van der Waals surface area contributed by atoms with Crippen LogP contribution in [-0.4, -0.2) is 23.9 Å². The van der Waals surface area contributed by atoms with Gasteiger partial charge in [-0.1, -0.05) is 23.7 Å². The summed E-state index contributed by atoms with van der Waals surface area (Å²) in [6, 6.07) is 5.52. The molecule has 0 heterocycles. The third-order valence-electron chi connectivity index (χ3n) is 2.49. The quantitative estimate of drug-likeness (QED) is 0.774. The van der Waals surface area contributed by atoms with Gasteiger partial charge in [-0.15, -0.1) is 0 Å². The molecule has 0 radical (unpaired) electrons. The van der Waals surface area contributed by atoms with Gasteiger partial charge in [0.15, 0.2) is 0 Å². The molecule has 0 atom stereocenters. The standard InChI is InChI=1S/C12H16ClNO/c1-4-14(5-2)12(15)11-9(3)7-6-8-10(11)13/h6-8H,4-5H2,1-3H3. The average Bonchev–Trinajstić information content (AvgIpc) is 2.19. The van der Waals surface area contributed by atoms with E-state index >= 15 is 0 Å². The smallest absolute Gasteiger partial charge is 0.255 e. The number of carbonyl (C=O) groups is 1. The predicted molar refractivity (Wildman–Crippen MR) is 63.4 cm³/mol. The Hall–Kier alpha value is -1.02. The fourth-order valence-corrected chi connectivity index (χ4v) is 1.87. The van der Waals surface area contributed by atoms with Crippen LogP contribution >= 0.6 is 11.6 Å². The summed E-state index contributed by atoms with van der Waals surface area (Å²) < 4.78 is 0. The first-order chi connectivity index (χ1) is 7.11. The van der Waals surface area contributed by atoms with E-state index in [1.165, 1.54) is 0 Å². The molecular formula is C12H16ClNO. The highest BCUT2D eigenvalue weighted by atomic mass is 35.5. The SMILES string of the molecule is CCN(CC)C(=O)c1c(C)cccc1Cl. The van der Waals surface area contributed by atoms with Crippen molar-refractivity contribution in [3.05, 3.63) is 34.3 Å². The van der Waals surface area contributed by atoms with E-state index < -0.39 is 0 Å². The molecule has 15 heavy (non-hydrogen) atoms. The Labute approximate surface area is 95.8 Å². The van der Waals surface area contributed by atoms with Crippen molar-refractivity contribution >= 4 is 17.5 Å². The number of halogens is 1. The predicted octanol–water partition coefficient (Wildman–Crippen LogP) is 3.13. The van der Waals surface area contributed by atoms with Crippen LogP contribution in [0.15, 0.2) is 18.2 Å². The van der Waals surface area contributed by atoms with Gasteiger partial charge in [-0.05, 0) is 32.4 Å². The zero-order valence-corrected chi connectivity index (χ0v) is 10.1. The highest BCUT2D eigenvalue weighted by Crippen LogP contribution is 2.21. The van der Waals surface area contributed by atoms with Gasteiger partial charge in [0.1, 0.15) is 0 Å². The molecule has 1 aromatic rings. The zero-order chi connectivity index (χ0) is 11.4. The van der Waals surface area contributed by atoms with Crippen LogP contribution in [0, 0.1) is 6.92 Å². The van der Waals surface area contributed by atoms with Gasteiger partial charge in [-0.3, -0.25) is 4.79 Å². The number of benzene rings is 1. The summed E-state index contributed by atoms with van der Waals surface area (Å²) in [5, 5.41) is 0.534. The maximum absolute atomic E-state index is 12.1. The molecule has 0 aliphatic rings. The lowest BCUT2D eigenvalue weighted by atomic mass is 10.1. The van der Waals surface area contributed by atoms with Crippen LogP contribution < -0.4 is 0 Å². The molecule has 0 aliphatic heterocycles. The Balaban J connectivity index is 3.10. The van der Waals surface area contributed by atoms with E-state index in [1.54, 1.807) is 11.0 Å². The van der Waals surface area contributed by atoms with Gasteiger partial charge >= 0.3 is 0 Å². The minimum Gasteiger partial charge on any atom is -0.339 e. The van der Waals surface area contributed by atoms with Crippen molar-refractivity contribution in [3.63, 3.8) is 0 Å². The molecule has 1 rings (SSSR count). The van der Waals surface area contributed by atoms with Gasteiger partial charge < -0.3 is 4.90 Å². The lowest BCUT2D eigenvalue weighted by Gasteiger charge is -2.20. The molecular weight excluding hydrogens is 210 g/mol. The van der Waals surface area contributed by atoms with Crippen LogP contribution in [0.5, 0.6) is 0 Å². The summed E-state index contributed by atoms with van der Waals surface area (Å²) in [4.78, 5) is 13.9. The summed E-state index contributed by atoms with van der Waals surface area (Å²) in [6.45, 7) is 7.25. The van der Waals surface area contributed by atoms with Crippen LogP contribution in [0.2, 0.25) is 5.02 Å². The van der Waals surface area contributed by atoms with Crippen LogP contribution in [0.3, 0.4) is 0 Å². The summed E-state index contributed by atoms with van der Waals surface area (Å²) in [7, 11) is 0. The number of amides is 1. The minimum atomic E-state index is 0.0168. The summed E-state index contributed by atoms with van der Waals surface area (Å²) in [5.41, 5.74) is 1.56. The van der Waals surface area contributed by atoms with Gasteiger partial charge in [-0.2, -0.15) is 0 Å². The lowest BCUT2D eigenvalue weighted by molar-refractivity contribution is 0.0772. The molecule has 3 heteroatoms. The van der Waals surface area contributed by atoms with Gasteiger partial charge in [0.25, 0.3) is 5.91 Å². The number of hydrogen-bond donors (Lipinski definition) is 0. The number of carbonyl (C=O) groups excluding carboxylic acids is 1. The normalized spacial score (nSPS) is 10.1. The number of nitrogens with zero attached hydrogens (tertiary/aromatic N) is 1. The maximum Gasteiger partial charge on any atom is 0.255 e. The minimum absolute atomic E-state index is 0.0168. The van der Waals surface area contributed by atoms with E-state index in [9.17, 15) is 4.79 Å². The fourth-order valence-electron chi connectivity index (χ4n) is 1.57. The Morgan fingerprint density at radius 3 is 2.40 bits per heavy atom. The molecule has 0 saturated carbocycles. The fraction of sp³-hybridized carbons (Fsp3) is 0.417. The second kappa shape index (κ2) is 5.17. The van der Waals surface area contributed by atoms with Crippen molar-refractivity contribution in [3.8, 4) is 0 Å². The second-order valence-corrected chi connectivity index (χ2v) is 3.82. The van der Waals surface area contributed by atoms with E-state index in [4.69, 9.17) is 11.6 Å². The Morgan fingerprint density at radius 1 is 1.33 bits per heavy atom. The molecule has 0 unspecified atom stereocenters. The molecule has 0 aliphatic carbocycles. The Kier molecular flexibility index (Phi) is 4.15. The summed E-state index contributed by atoms with van der Waals surface area (Å²) in [6.07, 6.45) is 0. The molecule has 0 bridgehead atoms. The molecule has 0 saturated heterocycles. The number of hydrogen-bond acceptors (Lipinski definition) is 1. The first-order valence-electron chi connectivity index (χ1n) is 5.16. The summed E-state index contributed by atoms with van der Waals surface area (Å²) >= 11 is 6.03. The summed E-state index contributed by atoms with van der Waals surface area (Å²) in [5.74, 6) is 0.0168. The van der Waals surface area contributed by atoms with Crippen LogP contribution in [0.25, 0.3) is 0 Å². The number of rotatable bonds is 3. The van der Waals surface area contributed by atoms with Crippen molar-refractivity contribution in [2.75, 3.05) is 13.1 Å². The largest absolute Gasteiger partial charge is 0.339 e. The van der Waals surface area contributed by atoms with Crippen LogP contribution in [-0.2, 0) is 0 Å². The molecule has 2 nitrogen and oxygen atoms in total. The first-order valence-corrected chi connectivity index (χ1v) is 5.54. The van der Waals surface area contributed by atoms with Crippen molar-refractivity contribution in [2.24, 2.45) is 0 Å². The van der Waals surface area contributed by atoms with Gasteiger partial charge in [0.05, 0.1) is 10.6 Å². The molecule has 0 spiro atoms. The molecule has 82 valence electrons. The van der Waals surface area contributed by atoms with E-state index in [-0.39, 0.29) is 5.91 Å². The van der Waals surface area contributed by atoms with Gasteiger partial charge in [0.2, 0.25) is 0 Å². The topological polar surface area (TPSA) is 20.3 Å². The van der Waals surface area contributed by atoms with Crippen molar-refractivity contribution in [1.29, 1.82) is 0 Å². The maximum atomic E-state index is 12.1. The zero-order valence-electron chi connectivity index (χ0n) is 9.38. The second-order valence-electron chi connectivity index (χ2n) is 3.41. The van der Waals surface area contributed by atoms with Crippen LogP contribution in [0.1, 0.15) is 29.8 Å². The highest BCUT2D eigenvalue weighted by molar-refractivity contribution is 6.34. The average molecular weight is 226 g/mol. The number of aryl methyl sites for hydroxylation is 1. The lowest BCUT2D eigenvalue weighted by Crippen LogP contribution is -2.31. The van der Waals surface area contributed by atoms with E-state index in [0.29, 0.717) is 23.7 Å². The molecule has 0 fully saturated rings. The van der Waals surface area contributed by atoms with Crippen molar-refractivity contribution in [2.45, 2.75) is 20.8 Å². The van der Waals surface area contributed by atoms with Gasteiger partial charge in [-0.25, -0.2) is 0 Å². The monoisotopic (exact) mass is 225 g/mol.